The van der Waals surface area contributed by atoms with Crippen LogP contribution in [-0.4, -0.2) is 30.1 Å². The summed E-state index contributed by atoms with van der Waals surface area (Å²) in [7, 11) is 3.36. The van der Waals surface area contributed by atoms with Crippen LogP contribution in [0.4, 0.5) is 4.79 Å². The van der Waals surface area contributed by atoms with Crippen LogP contribution in [0.1, 0.15) is 23.4 Å². The summed E-state index contributed by atoms with van der Waals surface area (Å²) in [4.78, 5) is 19.2. The lowest BCUT2D eigenvalue weighted by Crippen LogP contribution is -2.38. The minimum absolute atomic E-state index is 0.0424. The van der Waals surface area contributed by atoms with Crippen molar-refractivity contribution in [2.45, 2.75) is 19.5 Å². The van der Waals surface area contributed by atoms with Gasteiger partial charge in [0.05, 0.1) is 13.2 Å². The highest BCUT2D eigenvalue weighted by Crippen LogP contribution is 2.23. The Hall–Kier alpha value is -2.08. The zero-order valence-electron chi connectivity index (χ0n) is 12.4. The zero-order chi connectivity index (χ0) is 15.2. The molecule has 0 aliphatic rings. The molecule has 0 saturated heterocycles. The van der Waals surface area contributed by atoms with Crippen molar-refractivity contribution in [2.24, 2.45) is 0 Å². The monoisotopic (exact) mass is 305 g/mol. The average molecular weight is 305 g/mol. The Bertz CT molecular complexity index is 586. The number of amides is 2. The molecule has 2 aromatic heterocycles. The van der Waals surface area contributed by atoms with Gasteiger partial charge < -0.3 is 15.0 Å². The molecule has 21 heavy (non-hydrogen) atoms. The van der Waals surface area contributed by atoms with Crippen LogP contribution in [0.15, 0.2) is 35.8 Å². The Morgan fingerprint density at radius 2 is 2.29 bits per heavy atom. The van der Waals surface area contributed by atoms with Gasteiger partial charge in [0.25, 0.3) is 0 Å². The van der Waals surface area contributed by atoms with Gasteiger partial charge in [-0.2, -0.15) is 0 Å². The molecule has 1 atom stereocenters. The Morgan fingerprint density at radius 3 is 2.95 bits per heavy atom. The van der Waals surface area contributed by atoms with Gasteiger partial charge >= 0.3 is 6.03 Å². The topological polar surface area (TPSA) is 54.5 Å². The smallest absolute Gasteiger partial charge is 0.317 e. The van der Waals surface area contributed by atoms with Crippen LogP contribution in [0.25, 0.3) is 0 Å². The molecular weight excluding hydrogens is 286 g/mol. The number of pyridine rings is 1. The summed E-state index contributed by atoms with van der Waals surface area (Å²) in [5.74, 6) is 0.534. The van der Waals surface area contributed by atoms with E-state index in [0.717, 1.165) is 10.4 Å². The van der Waals surface area contributed by atoms with Crippen molar-refractivity contribution in [1.82, 2.24) is 15.2 Å². The molecule has 6 heteroatoms. The van der Waals surface area contributed by atoms with E-state index in [-0.39, 0.29) is 12.1 Å². The van der Waals surface area contributed by atoms with E-state index in [4.69, 9.17) is 4.74 Å². The summed E-state index contributed by atoms with van der Waals surface area (Å²) in [6, 6.07) is 7.64. The summed E-state index contributed by atoms with van der Waals surface area (Å²) < 4.78 is 5.17. The number of aromatic nitrogens is 1. The first-order chi connectivity index (χ1) is 10.1. The number of methoxy groups -OCH3 is 1. The van der Waals surface area contributed by atoms with E-state index in [1.165, 1.54) is 0 Å². The van der Waals surface area contributed by atoms with Crippen LogP contribution in [0, 0.1) is 0 Å². The second-order valence-corrected chi connectivity index (χ2v) is 5.61. The number of nitrogens with zero attached hydrogens (tertiary/aromatic N) is 2. The van der Waals surface area contributed by atoms with Gasteiger partial charge in [0.1, 0.15) is 0 Å². The largest absolute Gasteiger partial charge is 0.481 e. The van der Waals surface area contributed by atoms with Crippen LogP contribution in [0.5, 0.6) is 5.88 Å². The lowest BCUT2D eigenvalue weighted by atomic mass is 10.2. The molecule has 2 rings (SSSR count). The maximum Gasteiger partial charge on any atom is 0.317 e. The highest BCUT2D eigenvalue weighted by molar-refractivity contribution is 7.10. The molecule has 1 N–H and O–H groups in total. The number of ether oxygens (including phenoxy) is 1. The van der Waals surface area contributed by atoms with Gasteiger partial charge in [-0.3, -0.25) is 0 Å². The van der Waals surface area contributed by atoms with Crippen molar-refractivity contribution in [3.05, 3.63) is 46.3 Å². The number of thiophene rings is 1. The van der Waals surface area contributed by atoms with Crippen molar-refractivity contribution in [3.63, 3.8) is 0 Å². The van der Waals surface area contributed by atoms with Crippen molar-refractivity contribution < 1.29 is 9.53 Å². The summed E-state index contributed by atoms with van der Waals surface area (Å²) in [6.45, 7) is 2.40. The van der Waals surface area contributed by atoms with Crippen LogP contribution in [0.3, 0.4) is 0 Å². The van der Waals surface area contributed by atoms with E-state index < -0.39 is 0 Å². The van der Waals surface area contributed by atoms with Crippen LogP contribution >= 0.6 is 11.3 Å². The minimum atomic E-state index is -0.123. The summed E-state index contributed by atoms with van der Waals surface area (Å²) >= 11 is 1.65. The third kappa shape index (κ3) is 3.72. The molecule has 112 valence electrons. The van der Waals surface area contributed by atoms with E-state index in [1.807, 2.05) is 36.6 Å². The molecule has 0 spiro atoms. The molecule has 2 amide bonds. The summed E-state index contributed by atoms with van der Waals surface area (Å²) in [5, 5.41) is 4.90. The van der Waals surface area contributed by atoms with Gasteiger partial charge in [-0.1, -0.05) is 12.1 Å². The Kier molecular flexibility index (Phi) is 5.16. The third-order valence-corrected chi connectivity index (χ3v) is 4.37. The van der Waals surface area contributed by atoms with Crippen molar-refractivity contribution in [2.75, 3.05) is 14.2 Å². The van der Waals surface area contributed by atoms with Gasteiger partial charge in [0.15, 0.2) is 0 Å². The number of rotatable bonds is 5. The second kappa shape index (κ2) is 7.08. The summed E-state index contributed by atoms with van der Waals surface area (Å²) in [6.07, 6.45) is 1.66. The number of nitrogens with one attached hydrogen (secondary N) is 1. The maximum absolute atomic E-state index is 12.2. The molecule has 0 saturated carbocycles. The number of hydrogen-bond acceptors (Lipinski definition) is 4. The van der Waals surface area contributed by atoms with Crippen LogP contribution in [-0.2, 0) is 6.54 Å². The van der Waals surface area contributed by atoms with Crippen LogP contribution < -0.4 is 10.1 Å². The van der Waals surface area contributed by atoms with Crippen molar-refractivity contribution in [1.29, 1.82) is 0 Å². The minimum Gasteiger partial charge on any atom is -0.481 e. The van der Waals surface area contributed by atoms with Gasteiger partial charge in [-0.25, -0.2) is 9.78 Å². The standard InChI is InChI=1S/C15H19N3O2S/c1-11(13-7-5-9-21-13)18(2)15(19)17-10-12-6-4-8-16-14(12)20-3/h4-9,11H,10H2,1-3H3,(H,17,19). The van der Waals surface area contributed by atoms with Gasteiger partial charge in [-0.05, 0) is 24.4 Å². The Labute approximate surface area is 128 Å². The lowest BCUT2D eigenvalue weighted by molar-refractivity contribution is 0.194. The molecule has 0 aliphatic heterocycles. The first-order valence-electron chi connectivity index (χ1n) is 6.65. The fourth-order valence-electron chi connectivity index (χ4n) is 1.93. The highest BCUT2D eigenvalue weighted by atomic mass is 32.1. The molecule has 2 aromatic rings. The number of carbonyl (C=O) groups excluding carboxylic acids is 1. The molecule has 0 aliphatic carbocycles. The Balaban J connectivity index is 1.95. The molecule has 0 aromatic carbocycles. The number of hydrogen-bond donors (Lipinski definition) is 1. The van der Waals surface area contributed by atoms with E-state index in [0.29, 0.717) is 12.4 Å². The predicted molar refractivity (Wildman–Crippen MR) is 83.5 cm³/mol. The predicted octanol–water partition coefficient (Wildman–Crippen LogP) is 3.05. The Morgan fingerprint density at radius 1 is 1.48 bits per heavy atom. The van der Waals surface area contributed by atoms with E-state index in [2.05, 4.69) is 10.3 Å². The molecule has 2 heterocycles. The van der Waals surface area contributed by atoms with Crippen LogP contribution in [0.2, 0.25) is 0 Å². The molecule has 1 unspecified atom stereocenters. The van der Waals surface area contributed by atoms with Crippen molar-refractivity contribution >= 4 is 17.4 Å². The SMILES string of the molecule is COc1ncccc1CNC(=O)N(C)C(C)c1cccs1. The first kappa shape index (κ1) is 15.3. The maximum atomic E-state index is 12.2. The van der Waals surface area contributed by atoms with Crippen molar-refractivity contribution in [3.8, 4) is 5.88 Å². The third-order valence-electron chi connectivity index (χ3n) is 3.33. The first-order valence-corrected chi connectivity index (χ1v) is 7.53. The highest BCUT2D eigenvalue weighted by Gasteiger charge is 2.18. The van der Waals surface area contributed by atoms with Gasteiger partial charge in [-0.15, -0.1) is 11.3 Å². The average Bonchev–Trinajstić information content (AvgIpc) is 3.05. The molecule has 5 nitrogen and oxygen atoms in total. The molecule has 0 radical (unpaired) electrons. The fourth-order valence-corrected chi connectivity index (χ4v) is 2.76. The van der Waals surface area contributed by atoms with Gasteiger partial charge in [0.2, 0.25) is 5.88 Å². The summed E-state index contributed by atoms with van der Waals surface area (Å²) in [5.41, 5.74) is 0.852. The fraction of sp³-hybridized carbons (Fsp3) is 0.333. The van der Waals surface area contributed by atoms with E-state index in [1.54, 1.807) is 36.6 Å². The van der Waals surface area contributed by atoms with E-state index in [9.17, 15) is 4.79 Å². The molecule has 0 fully saturated rings. The zero-order valence-corrected chi connectivity index (χ0v) is 13.2. The molecular formula is C15H19N3O2S. The molecule has 0 bridgehead atoms. The normalized spacial score (nSPS) is 11.8. The number of carbonyl (C=O) groups is 1. The lowest BCUT2D eigenvalue weighted by Gasteiger charge is -2.24. The second-order valence-electron chi connectivity index (χ2n) is 4.63. The number of urea groups is 1. The quantitative estimate of drug-likeness (QED) is 0.923. The van der Waals surface area contributed by atoms with Gasteiger partial charge in [0, 0.05) is 30.2 Å². The van der Waals surface area contributed by atoms with E-state index >= 15 is 0 Å².